The molecule has 0 amide bonds. The number of carbonyl (C=O) groups is 2. The maximum atomic E-state index is 13.5. The molecule has 0 aromatic heterocycles. The molecule has 6 saturated carbocycles. The minimum atomic E-state index is -0.582. The van der Waals surface area contributed by atoms with Gasteiger partial charge in [-0.25, -0.2) is 0 Å². The van der Waals surface area contributed by atoms with Gasteiger partial charge < -0.3 is 9.47 Å². The molecule has 6 bridgehead atoms. The van der Waals surface area contributed by atoms with E-state index in [-0.39, 0.29) is 47.3 Å². The number of hydrogen-bond donors (Lipinski definition) is 0. The summed E-state index contributed by atoms with van der Waals surface area (Å²) < 4.78 is 12.3. The highest BCUT2D eigenvalue weighted by molar-refractivity contribution is 5.77. The fourth-order valence-corrected chi connectivity index (χ4v) is 8.52. The molecule has 0 saturated heterocycles. The van der Waals surface area contributed by atoms with Gasteiger partial charge in [-0.2, -0.15) is 0 Å². The van der Waals surface area contributed by atoms with E-state index < -0.39 is 5.41 Å². The lowest BCUT2D eigenvalue weighted by Gasteiger charge is -2.59. The Balaban J connectivity index is 1.16. The summed E-state index contributed by atoms with van der Waals surface area (Å²) in [5.41, 5.74) is -0.897. The first-order chi connectivity index (χ1) is 16.0. The van der Waals surface area contributed by atoms with Crippen LogP contribution in [0.5, 0.6) is 0 Å². The molecule has 0 aromatic rings. The smallest absolute Gasteiger partial charge is 0.312 e. The van der Waals surface area contributed by atoms with E-state index in [1.165, 1.54) is 32.1 Å². The number of fused-ring (bicyclic) bond motifs is 2. The Hall–Kier alpha value is -1.06. The van der Waals surface area contributed by atoms with Gasteiger partial charge in [-0.05, 0) is 133 Å². The van der Waals surface area contributed by atoms with E-state index in [1.807, 2.05) is 13.8 Å². The van der Waals surface area contributed by atoms with Crippen LogP contribution in [0.25, 0.3) is 0 Å². The van der Waals surface area contributed by atoms with E-state index in [1.54, 1.807) is 0 Å². The van der Waals surface area contributed by atoms with Crippen molar-refractivity contribution in [2.75, 3.05) is 0 Å². The second-order valence-corrected chi connectivity index (χ2v) is 13.3. The van der Waals surface area contributed by atoms with Crippen molar-refractivity contribution in [1.29, 1.82) is 0 Å². The van der Waals surface area contributed by atoms with Crippen LogP contribution in [0.4, 0.5) is 0 Å². The van der Waals surface area contributed by atoms with Crippen molar-refractivity contribution < 1.29 is 19.1 Å². The molecule has 6 aliphatic rings. The zero-order valence-electron chi connectivity index (χ0n) is 21.6. The molecule has 0 heterocycles. The number of ether oxygens (including phenoxy) is 2. The molecular weight excluding hydrogens is 424 g/mol. The minimum absolute atomic E-state index is 0.0744. The van der Waals surface area contributed by atoms with Crippen LogP contribution in [-0.4, -0.2) is 23.6 Å². The summed E-state index contributed by atoms with van der Waals surface area (Å²) in [4.78, 5) is 26.4. The summed E-state index contributed by atoms with van der Waals surface area (Å²) >= 11 is 0. The number of esters is 2. The van der Waals surface area contributed by atoms with Crippen LogP contribution in [0.2, 0.25) is 0 Å². The van der Waals surface area contributed by atoms with Crippen molar-refractivity contribution in [3.05, 3.63) is 13.8 Å². The largest absolute Gasteiger partial charge is 0.462 e. The van der Waals surface area contributed by atoms with Crippen LogP contribution >= 0.6 is 0 Å². The number of carbonyl (C=O) groups excluding carboxylic acids is 2. The van der Waals surface area contributed by atoms with Crippen molar-refractivity contribution in [2.45, 2.75) is 104 Å². The van der Waals surface area contributed by atoms with Gasteiger partial charge in [-0.3, -0.25) is 9.59 Å². The highest BCUT2D eigenvalue weighted by Crippen LogP contribution is 2.60. The van der Waals surface area contributed by atoms with Gasteiger partial charge in [-0.15, -0.1) is 0 Å². The average Bonchev–Trinajstić information content (AvgIpc) is 3.32. The first-order valence-electron chi connectivity index (χ1n) is 14.0. The van der Waals surface area contributed by atoms with Crippen molar-refractivity contribution in [3.8, 4) is 0 Å². The van der Waals surface area contributed by atoms with Crippen LogP contribution in [0.1, 0.15) is 91.9 Å². The third-order valence-electron chi connectivity index (χ3n) is 11.2. The number of hydrogen-bond acceptors (Lipinski definition) is 4. The Labute approximate surface area is 207 Å². The predicted octanol–water partition coefficient (Wildman–Crippen LogP) is 6.18. The van der Waals surface area contributed by atoms with Crippen molar-refractivity contribution >= 4 is 11.9 Å². The van der Waals surface area contributed by atoms with E-state index in [2.05, 4.69) is 13.8 Å². The highest BCUT2D eigenvalue weighted by Gasteiger charge is 2.58. The van der Waals surface area contributed by atoms with Gasteiger partial charge >= 0.3 is 11.9 Å². The third-order valence-corrected chi connectivity index (χ3v) is 11.2. The molecule has 4 radical (unpaired) electrons. The molecule has 4 heteroatoms. The molecule has 188 valence electrons. The molecular formula is C30H44O4. The van der Waals surface area contributed by atoms with Crippen molar-refractivity contribution in [3.63, 3.8) is 0 Å². The molecule has 0 aliphatic heterocycles. The van der Waals surface area contributed by atoms with Gasteiger partial charge in [0.2, 0.25) is 0 Å². The molecule has 0 aromatic carbocycles. The first kappa shape index (κ1) is 24.6. The molecule has 6 fully saturated rings. The number of rotatable bonds is 8. The van der Waals surface area contributed by atoms with Gasteiger partial charge in [0.15, 0.2) is 0 Å². The topological polar surface area (TPSA) is 52.6 Å². The molecule has 6 rings (SSSR count). The predicted molar refractivity (Wildman–Crippen MR) is 130 cm³/mol. The summed E-state index contributed by atoms with van der Waals surface area (Å²) in [5.74, 6) is 2.74. The van der Waals surface area contributed by atoms with Crippen LogP contribution in [-0.2, 0) is 19.1 Å². The maximum absolute atomic E-state index is 13.5. The van der Waals surface area contributed by atoms with E-state index in [4.69, 9.17) is 23.3 Å². The average molecular weight is 469 g/mol. The summed E-state index contributed by atoms with van der Waals surface area (Å²) in [7, 11) is 0. The van der Waals surface area contributed by atoms with Gasteiger partial charge in [0, 0.05) is 5.92 Å². The second kappa shape index (κ2) is 8.80. The Morgan fingerprint density at radius 2 is 1.65 bits per heavy atom. The summed E-state index contributed by atoms with van der Waals surface area (Å²) in [6.45, 7) is 20.7. The van der Waals surface area contributed by atoms with E-state index >= 15 is 0 Å². The Morgan fingerprint density at radius 3 is 2.18 bits per heavy atom. The highest BCUT2D eigenvalue weighted by atomic mass is 16.6. The van der Waals surface area contributed by atoms with Crippen molar-refractivity contribution in [1.82, 2.24) is 0 Å². The SMILES string of the molecule is [CH]C1CC2CC1C([CH])C2OC(=O)C(C)CCC(C)(CC)C(=O)OC1(C)C2CC3CC(C2)CC1C3. The van der Waals surface area contributed by atoms with Crippen LogP contribution < -0.4 is 0 Å². The molecule has 7 atom stereocenters. The Bertz CT molecular complexity index is 774. The lowest BCUT2D eigenvalue weighted by atomic mass is 9.50. The Kier molecular flexibility index (Phi) is 6.37. The van der Waals surface area contributed by atoms with Gasteiger partial charge in [0.05, 0.1) is 11.3 Å². The standard InChI is InChI=1S/C30H44O4/c1-7-29(5,28(32)34-30(6)23-12-20-11-21(14-23)15-24(30)13-20)9-8-17(2)27(31)33-26-19(4)25-16-22(26)10-18(25)3/h3-4,17-26H,7-16H2,1-2,5-6H3. The zero-order chi connectivity index (χ0) is 24.4. The summed E-state index contributed by atoms with van der Waals surface area (Å²) in [6.07, 6.45) is 9.87. The maximum Gasteiger partial charge on any atom is 0.312 e. The fraction of sp³-hybridized carbons (Fsp3) is 0.867. The molecule has 7 unspecified atom stereocenters. The van der Waals surface area contributed by atoms with E-state index in [0.29, 0.717) is 37.0 Å². The minimum Gasteiger partial charge on any atom is -0.462 e. The first-order valence-corrected chi connectivity index (χ1v) is 14.0. The summed E-state index contributed by atoms with van der Waals surface area (Å²) in [5, 5.41) is 0. The molecule has 4 nitrogen and oxygen atoms in total. The van der Waals surface area contributed by atoms with Gasteiger partial charge in [0.25, 0.3) is 0 Å². The zero-order valence-corrected chi connectivity index (χ0v) is 21.6. The normalized spacial score (nSPS) is 46.8. The fourth-order valence-electron chi connectivity index (χ4n) is 8.52. The molecule has 0 spiro atoms. The van der Waals surface area contributed by atoms with Crippen LogP contribution in [0.3, 0.4) is 0 Å². The quantitative estimate of drug-likeness (QED) is 0.399. The second-order valence-electron chi connectivity index (χ2n) is 13.3. The molecule has 34 heavy (non-hydrogen) atoms. The van der Waals surface area contributed by atoms with Crippen LogP contribution in [0, 0.1) is 72.5 Å². The Morgan fingerprint density at radius 1 is 1.03 bits per heavy atom. The van der Waals surface area contributed by atoms with E-state index in [9.17, 15) is 9.59 Å². The van der Waals surface area contributed by atoms with Crippen LogP contribution in [0.15, 0.2) is 0 Å². The summed E-state index contributed by atoms with van der Waals surface area (Å²) in [6, 6.07) is 0. The van der Waals surface area contributed by atoms with Crippen molar-refractivity contribution in [2.24, 2.45) is 58.7 Å². The molecule has 0 N–H and O–H groups in total. The van der Waals surface area contributed by atoms with Gasteiger partial charge in [0.1, 0.15) is 11.7 Å². The monoisotopic (exact) mass is 468 g/mol. The third kappa shape index (κ3) is 4.03. The van der Waals surface area contributed by atoms with E-state index in [0.717, 1.165) is 24.7 Å². The van der Waals surface area contributed by atoms with Gasteiger partial charge in [-0.1, -0.05) is 13.8 Å². The molecule has 6 aliphatic carbocycles. The lowest BCUT2D eigenvalue weighted by molar-refractivity contribution is -0.212. The lowest BCUT2D eigenvalue weighted by Crippen LogP contribution is -2.58.